The maximum Gasteiger partial charge on any atom is 0.417 e. The molecule has 1 aromatic carbocycles. The van der Waals surface area contributed by atoms with Crippen LogP contribution in [0.2, 0.25) is 0 Å². The summed E-state index contributed by atoms with van der Waals surface area (Å²) in [4.78, 5) is 33.1. The average Bonchev–Trinajstić information content (AvgIpc) is 3.43. The van der Waals surface area contributed by atoms with E-state index in [-0.39, 0.29) is 11.5 Å². The molecular weight excluding hydrogens is 445 g/mol. The van der Waals surface area contributed by atoms with Crippen LogP contribution in [-0.2, 0) is 6.18 Å². The van der Waals surface area contributed by atoms with Gasteiger partial charge in [0.15, 0.2) is 0 Å². The second-order valence-electron chi connectivity index (χ2n) is 9.16. The van der Waals surface area contributed by atoms with Gasteiger partial charge < -0.3 is 15.1 Å². The highest BCUT2D eigenvalue weighted by Gasteiger charge is 2.38. The van der Waals surface area contributed by atoms with Crippen LogP contribution in [0.15, 0.2) is 53.7 Å². The zero-order valence-electron chi connectivity index (χ0n) is 18.6. The van der Waals surface area contributed by atoms with Crippen molar-refractivity contribution in [1.82, 2.24) is 15.2 Å². The summed E-state index contributed by atoms with van der Waals surface area (Å²) in [7, 11) is 0. The molecule has 6 nitrogen and oxygen atoms in total. The van der Waals surface area contributed by atoms with Crippen molar-refractivity contribution in [3.63, 3.8) is 0 Å². The van der Waals surface area contributed by atoms with Crippen molar-refractivity contribution in [2.75, 3.05) is 37.6 Å². The number of anilines is 1. The van der Waals surface area contributed by atoms with Gasteiger partial charge in [0, 0.05) is 38.9 Å². The van der Waals surface area contributed by atoms with Gasteiger partial charge >= 0.3 is 6.18 Å². The Balaban J connectivity index is 1.17. The van der Waals surface area contributed by atoms with Gasteiger partial charge in [-0.2, -0.15) is 13.2 Å². The molecule has 1 aromatic heterocycles. The topological polar surface area (TPSA) is 65.5 Å². The van der Waals surface area contributed by atoms with E-state index in [0.29, 0.717) is 38.3 Å². The fourth-order valence-electron chi connectivity index (χ4n) is 4.58. The SMILES string of the molecule is O=C(NCCC1CC1)c1ccc(N2CC3=C(CN(C(=O)c4ccccc4C(F)(F)F)C3)C2)nc1. The molecule has 0 saturated heterocycles. The standard InChI is InChI=1S/C25H25F3N4O2/c26-25(27,28)21-4-2-1-3-20(21)24(34)32-14-18-12-31(13-19(18)15-32)22-8-7-17(11-30-22)23(33)29-10-9-16-5-6-16/h1-4,7-8,11,16H,5-6,9-10,12-15H2,(H,29,33). The second-order valence-corrected chi connectivity index (χ2v) is 9.16. The molecule has 1 fully saturated rings. The molecule has 178 valence electrons. The van der Waals surface area contributed by atoms with Crippen LogP contribution >= 0.6 is 0 Å². The van der Waals surface area contributed by atoms with E-state index in [1.54, 1.807) is 18.3 Å². The highest BCUT2D eigenvalue weighted by Crippen LogP contribution is 2.35. The number of halogens is 3. The first kappa shape index (κ1) is 22.4. The van der Waals surface area contributed by atoms with Crippen LogP contribution in [0.3, 0.4) is 0 Å². The molecule has 3 aliphatic rings. The monoisotopic (exact) mass is 470 g/mol. The van der Waals surface area contributed by atoms with Gasteiger partial charge in [-0.05, 0) is 47.8 Å². The summed E-state index contributed by atoms with van der Waals surface area (Å²) in [5.74, 6) is 0.749. The van der Waals surface area contributed by atoms with Crippen molar-refractivity contribution in [2.45, 2.75) is 25.4 Å². The molecule has 2 amide bonds. The van der Waals surface area contributed by atoms with Crippen molar-refractivity contribution in [2.24, 2.45) is 5.92 Å². The Morgan fingerprint density at radius 2 is 1.71 bits per heavy atom. The first-order chi connectivity index (χ1) is 16.3. The zero-order valence-corrected chi connectivity index (χ0v) is 18.6. The lowest BCUT2D eigenvalue weighted by Crippen LogP contribution is -2.35. The molecule has 0 atom stereocenters. The smallest absolute Gasteiger partial charge is 0.352 e. The number of pyridine rings is 1. The molecule has 0 bridgehead atoms. The largest absolute Gasteiger partial charge is 0.417 e. The van der Waals surface area contributed by atoms with E-state index in [1.165, 1.54) is 35.9 Å². The molecule has 0 unspecified atom stereocenters. The predicted molar refractivity (Wildman–Crippen MR) is 120 cm³/mol. The van der Waals surface area contributed by atoms with Crippen LogP contribution in [0.25, 0.3) is 0 Å². The summed E-state index contributed by atoms with van der Waals surface area (Å²) in [5, 5.41) is 2.93. The van der Waals surface area contributed by atoms with Crippen LogP contribution in [0.5, 0.6) is 0 Å². The first-order valence-electron chi connectivity index (χ1n) is 11.4. The lowest BCUT2D eigenvalue weighted by atomic mass is 10.1. The van der Waals surface area contributed by atoms with E-state index in [0.717, 1.165) is 35.4 Å². The first-order valence-corrected chi connectivity index (χ1v) is 11.4. The van der Waals surface area contributed by atoms with Gasteiger partial charge in [0.1, 0.15) is 5.82 Å². The van der Waals surface area contributed by atoms with Gasteiger partial charge in [-0.1, -0.05) is 25.0 Å². The molecule has 2 aliphatic heterocycles. The Labute approximate surface area is 195 Å². The highest BCUT2D eigenvalue weighted by molar-refractivity contribution is 5.96. The third-order valence-electron chi connectivity index (χ3n) is 6.65. The number of carbonyl (C=O) groups excluding carboxylic acids is 2. The van der Waals surface area contributed by atoms with Gasteiger partial charge in [-0.25, -0.2) is 4.98 Å². The van der Waals surface area contributed by atoms with E-state index < -0.39 is 17.6 Å². The fraction of sp³-hybridized carbons (Fsp3) is 0.400. The minimum Gasteiger partial charge on any atom is -0.352 e. The Kier molecular flexibility index (Phi) is 5.79. The maximum atomic E-state index is 13.3. The summed E-state index contributed by atoms with van der Waals surface area (Å²) in [6.45, 7) is 2.40. The van der Waals surface area contributed by atoms with Gasteiger partial charge in [-0.3, -0.25) is 9.59 Å². The van der Waals surface area contributed by atoms with Crippen LogP contribution in [-0.4, -0.2) is 54.4 Å². The number of alkyl halides is 3. The zero-order chi connectivity index (χ0) is 23.9. The number of rotatable bonds is 6. The highest BCUT2D eigenvalue weighted by atomic mass is 19.4. The molecule has 1 saturated carbocycles. The van der Waals surface area contributed by atoms with Crippen molar-refractivity contribution in [1.29, 1.82) is 0 Å². The van der Waals surface area contributed by atoms with Gasteiger partial charge in [-0.15, -0.1) is 0 Å². The van der Waals surface area contributed by atoms with Gasteiger partial charge in [0.2, 0.25) is 0 Å². The minimum absolute atomic E-state index is 0.130. The third kappa shape index (κ3) is 4.64. The summed E-state index contributed by atoms with van der Waals surface area (Å²) >= 11 is 0. The number of hydrogen-bond donors (Lipinski definition) is 1. The summed E-state index contributed by atoms with van der Waals surface area (Å²) in [6, 6.07) is 8.46. The number of nitrogens with zero attached hydrogens (tertiary/aromatic N) is 3. The minimum atomic E-state index is -4.58. The number of nitrogens with one attached hydrogen (secondary N) is 1. The van der Waals surface area contributed by atoms with E-state index >= 15 is 0 Å². The van der Waals surface area contributed by atoms with Gasteiger partial charge in [0.25, 0.3) is 11.8 Å². The summed E-state index contributed by atoms with van der Waals surface area (Å²) in [5.41, 5.74) is 1.35. The van der Waals surface area contributed by atoms with E-state index in [1.807, 2.05) is 4.90 Å². The number of amides is 2. The van der Waals surface area contributed by atoms with Gasteiger partial charge in [0.05, 0.1) is 16.7 Å². The quantitative estimate of drug-likeness (QED) is 0.651. The summed E-state index contributed by atoms with van der Waals surface area (Å²) < 4.78 is 40.0. The fourth-order valence-corrected chi connectivity index (χ4v) is 4.58. The Morgan fingerprint density at radius 1 is 1.00 bits per heavy atom. The maximum absolute atomic E-state index is 13.3. The lowest BCUT2D eigenvalue weighted by molar-refractivity contribution is -0.138. The predicted octanol–water partition coefficient (Wildman–Crippen LogP) is 3.90. The van der Waals surface area contributed by atoms with Crippen LogP contribution in [0, 0.1) is 5.92 Å². The van der Waals surface area contributed by atoms with Crippen LogP contribution in [0.1, 0.15) is 45.5 Å². The third-order valence-corrected chi connectivity index (χ3v) is 6.65. The van der Waals surface area contributed by atoms with Crippen molar-refractivity contribution in [3.05, 3.63) is 70.4 Å². The normalized spacial score (nSPS) is 17.9. The molecule has 3 heterocycles. The van der Waals surface area contributed by atoms with E-state index in [4.69, 9.17) is 0 Å². The Morgan fingerprint density at radius 3 is 2.32 bits per heavy atom. The van der Waals surface area contributed by atoms with Crippen LogP contribution < -0.4 is 10.2 Å². The molecule has 0 radical (unpaired) electrons. The lowest BCUT2D eigenvalue weighted by Gasteiger charge is -2.24. The molecule has 1 aliphatic carbocycles. The molecule has 5 rings (SSSR count). The number of aromatic nitrogens is 1. The molecule has 9 heteroatoms. The molecule has 2 aromatic rings. The van der Waals surface area contributed by atoms with Crippen LogP contribution in [0.4, 0.5) is 19.0 Å². The molecular formula is C25H25F3N4O2. The van der Waals surface area contributed by atoms with Crippen molar-refractivity contribution in [3.8, 4) is 0 Å². The average molecular weight is 470 g/mol. The molecule has 1 N–H and O–H groups in total. The second kappa shape index (κ2) is 8.77. The number of carbonyl (C=O) groups is 2. The van der Waals surface area contributed by atoms with E-state index in [2.05, 4.69) is 10.3 Å². The Hall–Kier alpha value is -3.36. The number of benzene rings is 1. The molecule has 34 heavy (non-hydrogen) atoms. The van der Waals surface area contributed by atoms with Crippen molar-refractivity contribution < 1.29 is 22.8 Å². The Bertz CT molecular complexity index is 1120. The number of hydrogen-bond acceptors (Lipinski definition) is 4. The summed E-state index contributed by atoms with van der Waals surface area (Å²) in [6.07, 6.45) is 0.517. The van der Waals surface area contributed by atoms with E-state index in [9.17, 15) is 22.8 Å². The van der Waals surface area contributed by atoms with Crippen molar-refractivity contribution >= 4 is 17.6 Å². The molecule has 0 spiro atoms.